The molecule has 0 bridgehead atoms. The molecule has 0 aliphatic rings. The van der Waals surface area contributed by atoms with Gasteiger partial charge in [-0.15, -0.1) is 0 Å². The van der Waals surface area contributed by atoms with Gasteiger partial charge in [-0.05, 0) is 18.3 Å². The number of carbonyl (C=O) groups excluding carboxylic acids is 1. The summed E-state index contributed by atoms with van der Waals surface area (Å²) in [5.41, 5.74) is 0. The standard InChI is InChI=1S/C12H24O/c1-4-5-6-7-8-12(9-10-13)11(2)3/h10-12H,4-9H2,1-3H3. The van der Waals surface area contributed by atoms with Crippen molar-refractivity contribution in [1.29, 1.82) is 0 Å². The summed E-state index contributed by atoms with van der Waals surface area (Å²) in [6.07, 6.45) is 8.32. The Hall–Kier alpha value is -0.330. The van der Waals surface area contributed by atoms with Gasteiger partial charge in [-0.3, -0.25) is 0 Å². The van der Waals surface area contributed by atoms with Crippen molar-refractivity contribution >= 4 is 6.29 Å². The van der Waals surface area contributed by atoms with Gasteiger partial charge >= 0.3 is 0 Å². The van der Waals surface area contributed by atoms with Crippen LogP contribution < -0.4 is 0 Å². The van der Waals surface area contributed by atoms with Crippen LogP contribution in [0.5, 0.6) is 0 Å². The molecule has 0 rings (SSSR count). The van der Waals surface area contributed by atoms with Gasteiger partial charge in [0.25, 0.3) is 0 Å². The van der Waals surface area contributed by atoms with Crippen molar-refractivity contribution in [2.45, 2.75) is 59.3 Å². The average Bonchev–Trinajstić information content (AvgIpc) is 2.10. The van der Waals surface area contributed by atoms with Gasteiger partial charge in [0.05, 0.1) is 0 Å². The van der Waals surface area contributed by atoms with Gasteiger partial charge in [-0.2, -0.15) is 0 Å². The number of hydrogen-bond donors (Lipinski definition) is 0. The first-order chi connectivity index (χ1) is 6.22. The Morgan fingerprint density at radius 1 is 1.15 bits per heavy atom. The van der Waals surface area contributed by atoms with E-state index in [1.54, 1.807) is 0 Å². The Balaban J connectivity index is 3.50. The molecule has 0 aromatic heterocycles. The monoisotopic (exact) mass is 184 g/mol. The van der Waals surface area contributed by atoms with Crippen molar-refractivity contribution in [2.24, 2.45) is 11.8 Å². The first-order valence-corrected chi connectivity index (χ1v) is 5.66. The van der Waals surface area contributed by atoms with Crippen LogP contribution in [0.15, 0.2) is 0 Å². The van der Waals surface area contributed by atoms with Crippen LogP contribution in [0.3, 0.4) is 0 Å². The van der Waals surface area contributed by atoms with Gasteiger partial charge < -0.3 is 4.79 Å². The van der Waals surface area contributed by atoms with Crippen molar-refractivity contribution in [3.8, 4) is 0 Å². The molecule has 0 aromatic carbocycles. The highest BCUT2D eigenvalue weighted by molar-refractivity contribution is 5.49. The Morgan fingerprint density at radius 3 is 2.31 bits per heavy atom. The molecule has 0 spiro atoms. The zero-order valence-corrected chi connectivity index (χ0v) is 9.38. The van der Waals surface area contributed by atoms with E-state index in [9.17, 15) is 4.79 Å². The molecule has 0 saturated heterocycles. The fourth-order valence-corrected chi connectivity index (χ4v) is 1.68. The third-order valence-electron chi connectivity index (χ3n) is 2.77. The minimum atomic E-state index is 0.620. The molecule has 78 valence electrons. The average molecular weight is 184 g/mol. The number of carbonyl (C=O) groups is 1. The van der Waals surface area contributed by atoms with E-state index in [2.05, 4.69) is 20.8 Å². The maximum Gasteiger partial charge on any atom is 0.120 e. The molecule has 0 heterocycles. The Bertz CT molecular complexity index is 118. The highest BCUT2D eigenvalue weighted by Gasteiger charge is 2.11. The summed E-state index contributed by atoms with van der Waals surface area (Å²) in [4.78, 5) is 10.4. The maximum atomic E-state index is 10.4. The highest BCUT2D eigenvalue weighted by atomic mass is 16.1. The molecule has 0 aliphatic carbocycles. The predicted octanol–water partition coefficient (Wildman–Crippen LogP) is 3.82. The van der Waals surface area contributed by atoms with Crippen molar-refractivity contribution in [1.82, 2.24) is 0 Å². The highest BCUT2D eigenvalue weighted by Crippen LogP contribution is 2.21. The van der Waals surface area contributed by atoms with E-state index in [-0.39, 0.29) is 0 Å². The zero-order valence-electron chi connectivity index (χ0n) is 9.38. The molecule has 0 aliphatic heterocycles. The lowest BCUT2D eigenvalue weighted by Gasteiger charge is -2.17. The Kier molecular flexibility index (Phi) is 8.07. The summed E-state index contributed by atoms with van der Waals surface area (Å²) in [5, 5.41) is 0. The summed E-state index contributed by atoms with van der Waals surface area (Å²) < 4.78 is 0. The molecule has 1 heteroatoms. The van der Waals surface area contributed by atoms with Gasteiger partial charge in [0.2, 0.25) is 0 Å². The van der Waals surface area contributed by atoms with Crippen LogP contribution in [-0.2, 0) is 4.79 Å². The van der Waals surface area contributed by atoms with Gasteiger partial charge in [-0.25, -0.2) is 0 Å². The topological polar surface area (TPSA) is 17.1 Å². The molecular weight excluding hydrogens is 160 g/mol. The molecule has 1 unspecified atom stereocenters. The van der Waals surface area contributed by atoms with Crippen molar-refractivity contribution < 1.29 is 4.79 Å². The minimum absolute atomic E-state index is 0.620. The van der Waals surface area contributed by atoms with Crippen LogP contribution in [-0.4, -0.2) is 6.29 Å². The molecule has 0 amide bonds. The van der Waals surface area contributed by atoms with Crippen molar-refractivity contribution in [3.05, 3.63) is 0 Å². The van der Waals surface area contributed by atoms with Crippen LogP contribution in [0, 0.1) is 11.8 Å². The number of hydrogen-bond acceptors (Lipinski definition) is 1. The first-order valence-electron chi connectivity index (χ1n) is 5.66. The normalized spacial score (nSPS) is 13.2. The molecule has 0 N–H and O–H groups in total. The SMILES string of the molecule is CCCCCCC(CC=O)C(C)C. The summed E-state index contributed by atoms with van der Waals surface area (Å²) in [6, 6.07) is 0. The van der Waals surface area contributed by atoms with E-state index in [1.807, 2.05) is 0 Å². The smallest absolute Gasteiger partial charge is 0.120 e. The Labute approximate surface area is 82.9 Å². The van der Waals surface area contributed by atoms with Gasteiger partial charge in [0, 0.05) is 6.42 Å². The minimum Gasteiger partial charge on any atom is -0.303 e. The molecular formula is C12H24O. The van der Waals surface area contributed by atoms with E-state index in [1.165, 1.54) is 32.1 Å². The second-order valence-corrected chi connectivity index (χ2v) is 4.26. The van der Waals surface area contributed by atoms with Crippen molar-refractivity contribution in [3.63, 3.8) is 0 Å². The third kappa shape index (κ3) is 6.80. The molecule has 0 radical (unpaired) electrons. The van der Waals surface area contributed by atoms with Gasteiger partial charge in [-0.1, -0.05) is 46.5 Å². The van der Waals surface area contributed by atoms with E-state index >= 15 is 0 Å². The summed E-state index contributed by atoms with van der Waals surface area (Å²) in [7, 11) is 0. The van der Waals surface area contributed by atoms with E-state index in [0.29, 0.717) is 11.8 Å². The van der Waals surface area contributed by atoms with Crippen LogP contribution in [0.1, 0.15) is 59.3 Å². The van der Waals surface area contributed by atoms with E-state index < -0.39 is 0 Å². The summed E-state index contributed by atoms with van der Waals surface area (Å²) in [6.45, 7) is 6.66. The molecule has 0 saturated carbocycles. The molecule has 0 fully saturated rings. The quantitative estimate of drug-likeness (QED) is 0.414. The van der Waals surface area contributed by atoms with Crippen LogP contribution >= 0.6 is 0 Å². The first kappa shape index (κ1) is 12.7. The predicted molar refractivity (Wildman–Crippen MR) is 57.8 cm³/mol. The van der Waals surface area contributed by atoms with Gasteiger partial charge in [0.1, 0.15) is 6.29 Å². The molecule has 1 atom stereocenters. The lowest BCUT2D eigenvalue weighted by Crippen LogP contribution is -2.09. The number of aldehydes is 1. The molecule has 0 aromatic rings. The third-order valence-corrected chi connectivity index (χ3v) is 2.77. The fourth-order valence-electron chi connectivity index (χ4n) is 1.68. The van der Waals surface area contributed by atoms with Gasteiger partial charge in [0.15, 0.2) is 0 Å². The molecule has 1 nitrogen and oxygen atoms in total. The summed E-state index contributed by atoms with van der Waals surface area (Å²) in [5.74, 6) is 1.28. The maximum absolute atomic E-state index is 10.4. The number of unbranched alkanes of at least 4 members (excludes halogenated alkanes) is 3. The van der Waals surface area contributed by atoms with E-state index in [4.69, 9.17) is 0 Å². The zero-order chi connectivity index (χ0) is 10.1. The number of rotatable bonds is 8. The lowest BCUT2D eigenvalue weighted by atomic mass is 9.88. The van der Waals surface area contributed by atoms with Crippen LogP contribution in [0.25, 0.3) is 0 Å². The lowest BCUT2D eigenvalue weighted by molar-refractivity contribution is -0.109. The van der Waals surface area contributed by atoms with Crippen LogP contribution in [0.2, 0.25) is 0 Å². The van der Waals surface area contributed by atoms with E-state index in [0.717, 1.165) is 12.7 Å². The largest absolute Gasteiger partial charge is 0.303 e. The second kappa shape index (κ2) is 8.28. The second-order valence-electron chi connectivity index (χ2n) is 4.26. The fraction of sp³-hybridized carbons (Fsp3) is 0.917. The molecule has 13 heavy (non-hydrogen) atoms. The summed E-state index contributed by atoms with van der Waals surface area (Å²) >= 11 is 0. The Morgan fingerprint density at radius 2 is 1.85 bits per heavy atom. The van der Waals surface area contributed by atoms with Crippen LogP contribution in [0.4, 0.5) is 0 Å². The van der Waals surface area contributed by atoms with Crippen molar-refractivity contribution in [2.75, 3.05) is 0 Å².